The molecule has 0 unspecified atom stereocenters. The number of furan rings is 1. The van der Waals surface area contributed by atoms with Gasteiger partial charge in [-0.15, -0.1) is 0 Å². The normalized spacial score (nSPS) is 12.1. The van der Waals surface area contributed by atoms with Gasteiger partial charge in [0.15, 0.2) is 0 Å². The Balaban J connectivity index is 0.968. The van der Waals surface area contributed by atoms with Crippen molar-refractivity contribution >= 4 is 108 Å². The van der Waals surface area contributed by atoms with Gasteiger partial charge >= 0.3 is 0 Å². The third kappa shape index (κ3) is 4.99. The maximum Gasteiger partial charge on any atom is 0.136 e. The zero-order valence-corrected chi connectivity index (χ0v) is 34.2. The van der Waals surface area contributed by atoms with Crippen LogP contribution in [0.3, 0.4) is 0 Å². The maximum atomic E-state index is 6.58. The van der Waals surface area contributed by atoms with Crippen LogP contribution < -0.4 is 0 Å². The molecule has 0 radical (unpaired) electrons. The molecule has 0 fully saturated rings. The summed E-state index contributed by atoms with van der Waals surface area (Å²) in [5.74, 6) is 0. The highest BCUT2D eigenvalue weighted by molar-refractivity contribution is 6.37. The monoisotopic (exact) mass is 796 g/mol. The van der Waals surface area contributed by atoms with Gasteiger partial charge in [0.05, 0.1) is 0 Å². The standard InChI is InChI=1S/C62H36O/c1-3-13-44-38(11-1)23-24-40-25-28-42(35-54(40)44)37-21-26-41(27-22-37)58-49-17-7-9-19-51(49)59(52-20-10-8-18-50(52)58)43-29-31-47-53-32-34-57-62(60(53)48-16-6-5-15-46(48)55(47)36-43)61-45-14-4-2-12-39(45)30-33-56(61)63-57/h1-36H. The van der Waals surface area contributed by atoms with Crippen LogP contribution in [0, 0.1) is 0 Å². The topological polar surface area (TPSA) is 13.1 Å². The van der Waals surface area contributed by atoms with Crippen molar-refractivity contribution in [2.24, 2.45) is 0 Å². The molecule has 0 saturated carbocycles. The summed E-state index contributed by atoms with van der Waals surface area (Å²) in [5, 5.41) is 22.4. The van der Waals surface area contributed by atoms with Gasteiger partial charge in [0, 0.05) is 16.2 Å². The summed E-state index contributed by atoms with van der Waals surface area (Å²) in [7, 11) is 0. The van der Waals surface area contributed by atoms with Gasteiger partial charge in [-0.05, 0) is 145 Å². The van der Waals surface area contributed by atoms with Crippen molar-refractivity contribution in [1.29, 1.82) is 0 Å². The Morgan fingerprint density at radius 3 is 1.33 bits per heavy atom. The molecule has 14 rings (SSSR count). The van der Waals surface area contributed by atoms with Gasteiger partial charge in [0.2, 0.25) is 0 Å². The number of fused-ring (bicyclic) bond motifs is 17. The van der Waals surface area contributed by atoms with Crippen molar-refractivity contribution in [3.05, 3.63) is 218 Å². The highest BCUT2D eigenvalue weighted by Gasteiger charge is 2.21. The quantitative estimate of drug-likeness (QED) is 0.128. The Morgan fingerprint density at radius 1 is 0.206 bits per heavy atom. The Morgan fingerprint density at radius 2 is 0.619 bits per heavy atom. The molecule has 0 aliphatic heterocycles. The first-order valence-corrected chi connectivity index (χ1v) is 21.8. The van der Waals surface area contributed by atoms with E-state index in [1.54, 1.807) is 0 Å². The van der Waals surface area contributed by atoms with Gasteiger partial charge in [0.25, 0.3) is 0 Å². The average Bonchev–Trinajstić information content (AvgIpc) is 3.75. The van der Waals surface area contributed by atoms with Gasteiger partial charge < -0.3 is 4.42 Å². The van der Waals surface area contributed by atoms with Crippen LogP contribution in [0.25, 0.3) is 141 Å². The molecule has 1 heteroatoms. The molecule has 0 aliphatic carbocycles. The van der Waals surface area contributed by atoms with Gasteiger partial charge in [-0.1, -0.05) is 188 Å². The summed E-state index contributed by atoms with van der Waals surface area (Å²) in [5.41, 5.74) is 9.24. The minimum absolute atomic E-state index is 0.921. The highest BCUT2D eigenvalue weighted by atomic mass is 16.3. The predicted molar refractivity (Wildman–Crippen MR) is 270 cm³/mol. The van der Waals surface area contributed by atoms with E-state index < -0.39 is 0 Å². The fourth-order valence-electron chi connectivity index (χ4n) is 11.0. The third-order valence-corrected chi connectivity index (χ3v) is 13.8. The summed E-state index contributed by atoms with van der Waals surface area (Å²) in [6.45, 7) is 0. The van der Waals surface area contributed by atoms with E-state index in [4.69, 9.17) is 4.42 Å². The van der Waals surface area contributed by atoms with Crippen molar-refractivity contribution in [2.75, 3.05) is 0 Å². The van der Waals surface area contributed by atoms with Crippen LogP contribution in [0.4, 0.5) is 0 Å². The lowest BCUT2D eigenvalue weighted by Crippen LogP contribution is -1.91. The zero-order chi connectivity index (χ0) is 41.2. The molecule has 0 bridgehead atoms. The van der Waals surface area contributed by atoms with E-state index in [2.05, 4.69) is 218 Å². The average molecular weight is 797 g/mol. The van der Waals surface area contributed by atoms with E-state index in [0.29, 0.717) is 0 Å². The Kier molecular flexibility index (Phi) is 7.17. The van der Waals surface area contributed by atoms with Gasteiger partial charge in [-0.2, -0.15) is 0 Å². The molecular weight excluding hydrogens is 761 g/mol. The first-order chi connectivity index (χ1) is 31.2. The van der Waals surface area contributed by atoms with Crippen LogP contribution in [0.1, 0.15) is 0 Å². The van der Waals surface area contributed by atoms with Crippen molar-refractivity contribution in [3.63, 3.8) is 0 Å². The summed E-state index contributed by atoms with van der Waals surface area (Å²) in [6, 6.07) is 80.6. The number of benzene rings is 13. The maximum absolute atomic E-state index is 6.58. The lowest BCUT2D eigenvalue weighted by molar-refractivity contribution is 0.669. The minimum Gasteiger partial charge on any atom is -0.456 e. The minimum atomic E-state index is 0.921. The van der Waals surface area contributed by atoms with E-state index in [1.165, 1.54) is 130 Å². The molecule has 1 heterocycles. The van der Waals surface area contributed by atoms with Crippen LogP contribution in [0.5, 0.6) is 0 Å². The van der Waals surface area contributed by atoms with Crippen molar-refractivity contribution in [1.82, 2.24) is 0 Å². The van der Waals surface area contributed by atoms with Gasteiger partial charge in [-0.25, -0.2) is 0 Å². The molecule has 0 amide bonds. The zero-order valence-electron chi connectivity index (χ0n) is 34.2. The second-order valence-electron chi connectivity index (χ2n) is 17.1. The van der Waals surface area contributed by atoms with Crippen LogP contribution in [0.15, 0.2) is 223 Å². The number of rotatable bonds is 3. The van der Waals surface area contributed by atoms with Crippen LogP contribution in [-0.2, 0) is 0 Å². The molecule has 0 aliphatic rings. The first-order valence-electron chi connectivity index (χ1n) is 21.8. The largest absolute Gasteiger partial charge is 0.456 e. The van der Waals surface area contributed by atoms with E-state index in [0.717, 1.165) is 11.2 Å². The summed E-state index contributed by atoms with van der Waals surface area (Å²) >= 11 is 0. The Hall–Kier alpha value is -8.26. The molecule has 1 nitrogen and oxygen atoms in total. The third-order valence-electron chi connectivity index (χ3n) is 13.8. The summed E-state index contributed by atoms with van der Waals surface area (Å²) in [6.07, 6.45) is 0. The predicted octanol–water partition coefficient (Wildman–Crippen LogP) is 17.8. The Bertz CT molecular complexity index is 4170. The number of hydrogen-bond acceptors (Lipinski definition) is 1. The lowest BCUT2D eigenvalue weighted by Gasteiger charge is -2.19. The van der Waals surface area contributed by atoms with Crippen LogP contribution in [-0.4, -0.2) is 0 Å². The molecule has 0 saturated heterocycles. The van der Waals surface area contributed by atoms with Crippen molar-refractivity contribution in [2.45, 2.75) is 0 Å². The fraction of sp³-hybridized carbons (Fsp3) is 0. The summed E-state index contributed by atoms with van der Waals surface area (Å²) in [4.78, 5) is 0. The fourth-order valence-corrected chi connectivity index (χ4v) is 11.0. The smallest absolute Gasteiger partial charge is 0.136 e. The molecular formula is C62H36O. The first kappa shape index (κ1) is 34.5. The van der Waals surface area contributed by atoms with E-state index in [-0.39, 0.29) is 0 Å². The summed E-state index contributed by atoms with van der Waals surface area (Å²) < 4.78 is 6.58. The molecule has 63 heavy (non-hydrogen) atoms. The molecule has 13 aromatic carbocycles. The molecule has 0 N–H and O–H groups in total. The molecule has 14 aromatic rings. The van der Waals surface area contributed by atoms with Crippen LogP contribution >= 0.6 is 0 Å². The van der Waals surface area contributed by atoms with E-state index in [1.807, 2.05) is 0 Å². The Labute approximate surface area is 362 Å². The molecule has 0 atom stereocenters. The highest BCUT2D eigenvalue weighted by Crippen LogP contribution is 2.48. The van der Waals surface area contributed by atoms with Crippen molar-refractivity contribution in [3.8, 4) is 33.4 Å². The number of hydrogen-bond donors (Lipinski definition) is 0. The van der Waals surface area contributed by atoms with Crippen molar-refractivity contribution < 1.29 is 4.42 Å². The second kappa shape index (κ2) is 13.1. The van der Waals surface area contributed by atoms with Gasteiger partial charge in [-0.3, -0.25) is 0 Å². The molecule has 1 aromatic heterocycles. The lowest BCUT2D eigenvalue weighted by atomic mass is 9.84. The second-order valence-corrected chi connectivity index (χ2v) is 17.1. The SMILES string of the molecule is c1ccc2c(c1)ccc1ccc(-c3ccc(-c4c5ccccc5c(-c5ccc6c(c5)c5ccccc5c5c6ccc6oc7ccc8ccccc8c7c65)c5ccccc45)cc3)cc12. The van der Waals surface area contributed by atoms with Gasteiger partial charge in [0.1, 0.15) is 11.2 Å². The van der Waals surface area contributed by atoms with E-state index >= 15 is 0 Å². The molecule has 290 valence electrons. The van der Waals surface area contributed by atoms with Crippen LogP contribution in [0.2, 0.25) is 0 Å². The van der Waals surface area contributed by atoms with E-state index in [9.17, 15) is 0 Å². The molecule has 0 spiro atoms.